The molecule has 1 fully saturated rings. The molecule has 0 amide bonds. The third-order valence-electron chi connectivity index (χ3n) is 2.12. The minimum atomic E-state index is -1.59. The molecule has 1 saturated carbocycles. The van der Waals surface area contributed by atoms with Gasteiger partial charge < -0.3 is 21.7 Å². The van der Waals surface area contributed by atoms with Gasteiger partial charge in [0.2, 0.25) is 0 Å². The van der Waals surface area contributed by atoms with Gasteiger partial charge in [0.1, 0.15) is 0 Å². The fourth-order valence-electron chi connectivity index (χ4n) is 1.22. The number of aliphatic hydroxyl groups is 2. The van der Waals surface area contributed by atoms with Gasteiger partial charge in [-0.2, -0.15) is 0 Å². The summed E-state index contributed by atoms with van der Waals surface area (Å²) in [6.45, 7) is 0. The van der Waals surface area contributed by atoms with E-state index in [-0.39, 0.29) is 21.1 Å². The quantitative estimate of drug-likeness (QED) is 0.419. The third-order valence-corrected chi connectivity index (χ3v) is 2.12. The summed E-state index contributed by atoms with van der Waals surface area (Å²) >= 11 is 0. The zero-order valence-electron chi connectivity index (χ0n) is 6.19. The molecule has 1 aliphatic rings. The van der Waals surface area contributed by atoms with E-state index in [1.54, 1.807) is 0 Å². The third kappa shape index (κ3) is 2.23. The molecule has 0 aromatic heterocycles. The average molecular weight is 341 g/mol. The van der Waals surface area contributed by atoms with Crippen LogP contribution in [0.5, 0.6) is 0 Å². The molecule has 0 unspecified atom stereocenters. The van der Waals surface area contributed by atoms with Crippen LogP contribution in [0, 0.1) is 0 Å². The van der Waals surface area contributed by atoms with E-state index in [4.69, 9.17) is 11.5 Å². The summed E-state index contributed by atoms with van der Waals surface area (Å²) in [7, 11) is 0. The maximum Gasteiger partial charge on any atom is 2.00 e. The van der Waals surface area contributed by atoms with E-state index in [2.05, 4.69) is 0 Å². The molecular weight excluding hydrogens is 327 g/mol. The van der Waals surface area contributed by atoms with Crippen LogP contribution in [0.3, 0.4) is 0 Å². The molecular formula is C6H14N2O2Pt+2. The van der Waals surface area contributed by atoms with E-state index in [0.717, 1.165) is 12.8 Å². The fraction of sp³-hybridized carbons (Fsp3) is 1.00. The zero-order valence-corrected chi connectivity index (χ0v) is 8.47. The molecule has 11 heavy (non-hydrogen) atoms. The Balaban J connectivity index is 0.000001000. The standard InChI is InChI=1S/C6H14N2O2.Pt/c7-5(9)3-1-2-4-6(5,8)10;/h9-10H,1-4,7-8H2;/q;+2/t5-,6-;/m1./s1. The van der Waals surface area contributed by atoms with E-state index in [1.165, 1.54) is 0 Å². The van der Waals surface area contributed by atoms with Crippen molar-refractivity contribution in [2.45, 2.75) is 37.1 Å². The minimum absolute atomic E-state index is 0. The van der Waals surface area contributed by atoms with Crippen molar-refractivity contribution in [2.24, 2.45) is 11.5 Å². The number of hydrogen-bond acceptors (Lipinski definition) is 4. The summed E-state index contributed by atoms with van der Waals surface area (Å²) in [5, 5.41) is 18.6. The Bertz CT molecular complexity index is 123. The Kier molecular flexibility index (Phi) is 3.67. The van der Waals surface area contributed by atoms with E-state index >= 15 is 0 Å². The van der Waals surface area contributed by atoms with E-state index < -0.39 is 11.4 Å². The Labute approximate surface area is 80.2 Å². The van der Waals surface area contributed by atoms with Crippen LogP contribution in [0.2, 0.25) is 0 Å². The predicted octanol–water partition coefficient (Wildman–Crippen LogP) is -1.15. The van der Waals surface area contributed by atoms with E-state index in [9.17, 15) is 10.2 Å². The molecule has 68 valence electrons. The summed E-state index contributed by atoms with van der Waals surface area (Å²) in [4.78, 5) is 0. The van der Waals surface area contributed by atoms with Gasteiger partial charge in [0.25, 0.3) is 0 Å². The van der Waals surface area contributed by atoms with Gasteiger partial charge in [0.05, 0.1) is 0 Å². The van der Waals surface area contributed by atoms with Crippen LogP contribution in [-0.2, 0) is 21.1 Å². The van der Waals surface area contributed by atoms with Crippen molar-refractivity contribution in [1.29, 1.82) is 0 Å². The first-order chi connectivity index (χ1) is 4.46. The van der Waals surface area contributed by atoms with Crippen LogP contribution in [0.25, 0.3) is 0 Å². The van der Waals surface area contributed by atoms with Gasteiger partial charge in [-0.05, 0) is 25.7 Å². The molecule has 0 saturated heterocycles. The molecule has 1 rings (SSSR count). The molecule has 0 aromatic carbocycles. The predicted molar refractivity (Wildman–Crippen MR) is 36.7 cm³/mol. The molecule has 0 heterocycles. The van der Waals surface area contributed by atoms with Crippen molar-refractivity contribution in [2.75, 3.05) is 0 Å². The molecule has 4 nitrogen and oxygen atoms in total. The van der Waals surface area contributed by atoms with Crippen molar-refractivity contribution in [1.82, 2.24) is 0 Å². The maximum atomic E-state index is 9.30. The van der Waals surface area contributed by atoms with E-state index in [0.29, 0.717) is 12.8 Å². The van der Waals surface area contributed by atoms with Gasteiger partial charge in [-0.15, -0.1) is 0 Å². The van der Waals surface area contributed by atoms with Crippen LogP contribution in [0.15, 0.2) is 0 Å². The second-order valence-corrected chi connectivity index (χ2v) is 3.06. The van der Waals surface area contributed by atoms with Crippen LogP contribution >= 0.6 is 0 Å². The van der Waals surface area contributed by atoms with Crippen molar-refractivity contribution in [3.05, 3.63) is 0 Å². The number of rotatable bonds is 0. The maximum absolute atomic E-state index is 9.30. The molecule has 2 atom stereocenters. The molecule has 0 aliphatic heterocycles. The topological polar surface area (TPSA) is 92.5 Å². The Hall–Kier alpha value is 0.528. The van der Waals surface area contributed by atoms with Gasteiger partial charge in [0, 0.05) is 0 Å². The second kappa shape index (κ2) is 3.50. The molecule has 0 bridgehead atoms. The normalized spacial score (nSPS) is 44.7. The molecule has 5 heteroatoms. The van der Waals surface area contributed by atoms with Crippen LogP contribution in [-0.4, -0.2) is 21.7 Å². The van der Waals surface area contributed by atoms with Crippen molar-refractivity contribution < 1.29 is 31.3 Å². The summed E-state index contributed by atoms with van der Waals surface area (Å²) in [5.41, 5.74) is 7.49. The number of hydrogen-bond donors (Lipinski definition) is 4. The van der Waals surface area contributed by atoms with Crippen molar-refractivity contribution >= 4 is 0 Å². The molecule has 6 N–H and O–H groups in total. The first-order valence-corrected chi connectivity index (χ1v) is 3.48. The SMILES string of the molecule is N[C@@]1(O)CCCC[C@@]1(N)O.[Pt+2]. The average Bonchev–Trinajstić information content (AvgIpc) is 1.77. The molecule has 0 radical (unpaired) electrons. The molecule has 0 aromatic rings. The van der Waals surface area contributed by atoms with Crippen LogP contribution < -0.4 is 11.5 Å². The van der Waals surface area contributed by atoms with Crippen LogP contribution in [0.1, 0.15) is 25.7 Å². The summed E-state index contributed by atoms with van der Waals surface area (Å²) < 4.78 is 0. The largest absolute Gasteiger partial charge is 2.00 e. The van der Waals surface area contributed by atoms with Gasteiger partial charge in [-0.25, -0.2) is 0 Å². The van der Waals surface area contributed by atoms with Gasteiger partial charge in [0.15, 0.2) is 11.4 Å². The number of nitrogens with two attached hydrogens (primary N) is 2. The van der Waals surface area contributed by atoms with E-state index in [1.807, 2.05) is 0 Å². The Morgan fingerprint density at radius 3 is 1.36 bits per heavy atom. The smallest absolute Gasteiger partial charge is 0.372 e. The Morgan fingerprint density at radius 1 is 0.909 bits per heavy atom. The fourth-order valence-corrected chi connectivity index (χ4v) is 1.22. The first-order valence-electron chi connectivity index (χ1n) is 3.48. The minimum Gasteiger partial charge on any atom is -0.372 e. The van der Waals surface area contributed by atoms with Crippen molar-refractivity contribution in [3.8, 4) is 0 Å². The molecule has 1 aliphatic carbocycles. The first kappa shape index (κ1) is 11.5. The molecule has 0 spiro atoms. The second-order valence-electron chi connectivity index (χ2n) is 3.06. The van der Waals surface area contributed by atoms with Crippen LogP contribution in [0.4, 0.5) is 0 Å². The van der Waals surface area contributed by atoms with Crippen molar-refractivity contribution in [3.63, 3.8) is 0 Å². The van der Waals surface area contributed by atoms with Gasteiger partial charge >= 0.3 is 21.1 Å². The zero-order chi connectivity index (χ0) is 7.83. The summed E-state index contributed by atoms with van der Waals surface area (Å²) in [5.74, 6) is 0. The Morgan fingerprint density at radius 2 is 1.18 bits per heavy atom. The monoisotopic (exact) mass is 341 g/mol. The van der Waals surface area contributed by atoms with Gasteiger partial charge in [-0.1, -0.05) is 0 Å². The summed E-state index contributed by atoms with van der Waals surface area (Å²) in [6, 6.07) is 0. The van der Waals surface area contributed by atoms with Gasteiger partial charge in [-0.3, -0.25) is 0 Å². The summed E-state index contributed by atoms with van der Waals surface area (Å²) in [6.07, 6.45) is 2.40.